The normalized spacial score (nSPS) is 24.8. The van der Waals surface area contributed by atoms with E-state index in [0.717, 1.165) is 50.2 Å². The van der Waals surface area contributed by atoms with E-state index in [4.69, 9.17) is 0 Å². The van der Waals surface area contributed by atoms with E-state index in [1.165, 1.54) is 0 Å². The Morgan fingerprint density at radius 1 is 0.921 bits per heavy atom. The van der Waals surface area contributed by atoms with Gasteiger partial charge in [0.1, 0.15) is 5.82 Å². The fourth-order valence-electron chi connectivity index (χ4n) is 6.26. The highest BCUT2D eigenvalue weighted by Gasteiger charge is 2.46. The second kappa shape index (κ2) is 12.0. The molecule has 1 N–H and O–H groups in total. The Bertz CT molecular complexity index is 1130. The van der Waals surface area contributed by atoms with Crippen molar-refractivity contribution >= 4 is 23.5 Å². The molecule has 3 amide bonds. The quantitative estimate of drug-likeness (QED) is 0.676. The minimum atomic E-state index is -0.370. The van der Waals surface area contributed by atoms with E-state index >= 15 is 0 Å². The zero-order chi connectivity index (χ0) is 26.5. The average molecular weight is 518 g/mol. The first-order chi connectivity index (χ1) is 18.5. The fraction of sp³-hybridized carbons (Fsp3) is 0.533. The Hall–Kier alpha value is -3.42. The van der Waals surface area contributed by atoms with E-state index in [0.29, 0.717) is 44.6 Å². The van der Waals surface area contributed by atoms with Crippen LogP contribution in [0.1, 0.15) is 54.4 Å². The maximum Gasteiger partial charge on any atom is 0.254 e. The van der Waals surface area contributed by atoms with Crippen LogP contribution in [0.25, 0.3) is 0 Å². The van der Waals surface area contributed by atoms with Crippen molar-refractivity contribution in [3.8, 4) is 0 Å². The molecular formula is C30H39N5O3. The minimum absolute atomic E-state index is 0.0192. The molecule has 1 saturated carbocycles. The molecule has 0 spiro atoms. The lowest BCUT2D eigenvalue weighted by Gasteiger charge is -2.36. The standard InChI is InChI=1S/C30H39N5O3/c1-22-9-8-10-23(19-22)30(38)35-14-7-3-2-5-13-32-28(36)25-20-24(21-26(25)35)29(37)34-17-15-33(16-18-34)27-11-4-6-12-31-27/h4,6,8-12,19,24-26H,2-3,5,7,13-18,20-21H2,1H3,(H,32,36). The number of aryl methyl sites for hydroxylation is 1. The molecule has 202 valence electrons. The van der Waals surface area contributed by atoms with Gasteiger partial charge >= 0.3 is 0 Å². The van der Waals surface area contributed by atoms with Crippen LogP contribution >= 0.6 is 0 Å². The van der Waals surface area contributed by atoms with Gasteiger partial charge in [-0.3, -0.25) is 14.4 Å². The first-order valence-electron chi connectivity index (χ1n) is 14.1. The van der Waals surface area contributed by atoms with Gasteiger partial charge in [-0.25, -0.2) is 4.98 Å². The summed E-state index contributed by atoms with van der Waals surface area (Å²) in [5, 5.41) is 3.11. The molecular weight excluding hydrogens is 478 g/mol. The van der Waals surface area contributed by atoms with Crippen LogP contribution in [0.2, 0.25) is 0 Å². The Labute approximate surface area is 225 Å². The number of carbonyl (C=O) groups is 3. The Kier molecular flexibility index (Phi) is 8.25. The molecule has 5 rings (SSSR count). The molecule has 1 aliphatic carbocycles. The number of rotatable bonds is 3. The summed E-state index contributed by atoms with van der Waals surface area (Å²) in [5.41, 5.74) is 1.69. The van der Waals surface area contributed by atoms with Crippen LogP contribution in [0.15, 0.2) is 48.7 Å². The van der Waals surface area contributed by atoms with Gasteiger partial charge in [0.05, 0.1) is 5.92 Å². The van der Waals surface area contributed by atoms with Gasteiger partial charge in [0, 0.05) is 63.0 Å². The van der Waals surface area contributed by atoms with Crippen molar-refractivity contribution < 1.29 is 14.4 Å². The van der Waals surface area contributed by atoms with Crippen molar-refractivity contribution in [2.75, 3.05) is 44.2 Å². The van der Waals surface area contributed by atoms with Gasteiger partial charge in [0.25, 0.3) is 5.91 Å². The van der Waals surface area contributed by atoms with Crippen molar-refractivity contribution in [3.05, 3.63) is 59.8 Å². The van der Waals surface area contributed by atoms with Gasteiger partial charge in [-0.2, -0.15) is 0 Å². The van der Waals surface area contributed by atoms with Crippen molar-refractivity contribution in [3.63, 3.8) is 0 Å². The number of pyridine rings is 1. The number of anilines is 1. The number of benzene rings is 1. The molecule has 3 atom stereocenters. The van der Waals surface area contributed by atoms with Crippen LogP contribution < -0.4 is 10.2 Å². The molecule has 2 aromatic rings. The number of aromatic nitrogens is 1. The third-order valence-corrected chi connectivity index (χ3v) is 8.33. The number of nitrogens with one attached hydrogen (secondary N) is 1. The van der Waals surface area contributed by atoms with Crippen LogP contribution in [0, 0.1) is 18.8 Å². The molecule has 0 bridgehead atoms. The summed E-state index contributed by atoms with van der Waals surface area (Å²) in [6.45, 7) is 6.00. The Morgan fingerprint density at radius 2 is 1.74 bits per heavy atom. The monoisotopic (exact) mass is 517 g/mol. The number of fused-ring (bicyclic) bond motifs is 1. The number of carbonyl (C=O) groups excluding carboxylic acids is 3. The third kappa shape index (κ3) is 5.84. The molecule has 1 aromatic heterocycles. The summed E-state index contributed by atoms with van der Waals surface area (Å²) in [6, 6.07) is 13.3. The lowest BCUT2D eigenvalue weighted by Crippen LogP contribution is -2.50. The molecule has 2 saturated heterocycles. The molecule has 3 unspecified atom stereocenters. The molecule has 8 heteroatoms. The molecule has 38 heavy (non-hydrogen) atoms. The topological polar surface area (TPSA) is 85.8 Å². The summed E-state index contributed by atoms with van der Waals surface area (Å²) >= 11 is 0. The van der Waals surface area contributed by atoms with Gasteiger partial charge in [-0.1, -0.05) is 36.6 Å². The van der Waals surface area contributed by atoms with Crippen LogP contribution in [0.4, 0.5) is 5.82 Å². The van der Waals surface area contributed by atoms with Crippen LogP contribution in [0.3, 0.4) is 0 Å². The highest BCUT2D eigenvalue weighted by Crippen LogP contribution is 2.37. The lowest BCUT2D eigenvalue weighted by molar-refractivity contribution is -0.135. The number of amides is 3. The number of nitrogens with zero attached hydrogens (tertiary/aromatic N) is 4. The highest BCUT2D eigenvalue weighted by molar-refractivity contribution is 5.95. The Balaban J connectivity index is 1.33. The zero-order valence-corrected chi connectivity index (χ0v) is 22.3. The molecule has 1 aromatic carbocycles. The summed E-state index contributed by atoms with van der Waals surface area (Å²) in [4.78, 5) is 51.3. The van der Waals surface area contributed by atoms with E-state index in [1.807, 2.05) is 59.2 Å². The van der Waals surface area contributed by atoms with Gasteiger partial charge in [0.2, 0.25) is 11.8 Å². The summed E-state index contributed by atoms with van der Waals surface area (Å²) < 4.78 is 0. The van der Waals surface area contributed by atoms with Crippen molar-refractivity contribution in [2.45, 2.75) is 51.5 Å². The van der Waals surface area contributed by atoms with E-state index in [2.05, 4.69) is 15.2 Å². The number of hydrogen-bond donors (Lipinski definition) is 1. The van der Waals surface area contributed by atoms with Gasteiger partial charge in [0.15, 0.2) is 0 Å². The second-order valence-corrected chi connectivity index (χ2v) is 10.9. The highest BCUT2D eigenvalue weighted by atomic mass is 16.2. The van der Waals surface area contributed by atoms with Crippen LogP contribution in [-0.2, 0) is 9.59 Å². The van der Waals surface area contributed by atoms with Crippen LogP contribution in [-0.4, -0.2) is 77.8 Å². The third-order valence-electron chi connectivity index (χ3n) is 8.33. The van der Waals surface area contributed by atoms with Crippen molar-refractivity contribution in [2.24, 2.45) is 11.8 Å². The second-order valence-electron chi connectivity index (χ2n) is 10.9. The van der Waals surface area contributed by atoms with E-state index in [-0.39, 0.29) is 35.6 Å². The van der Waals surface area contributed by atoms with Crippen LogP contribution in [0.5, 0.6) is 0 Å². The molecule has 3 fully saturated rings. The number of hydrogen-bond acceptors (Lipinski definition) is 5. The SMILES string of the molecule is Cc1cccc(C(=O)N2CCCCCCNC(=O)C3CC(C(=O)N4CCN(c5ccccn5)CC4)CC32)c1. The zero-order valence-electron chi connectivity index (χ0n) is 22.3. The largest absolute Gasteiger partial charge is 0.356 e. The summed E-state index contributed by atoms with van der Waals surface area (Å²) in [7, 11) is 0. The lowest BCUT2D eigenvalue weighted by atomic mass is 9.99. The maximum absolute atomic E-state index is 13.8. The van der Waals surface area contributed by atoms with E-state index in [9.17, 15) is 14.4 Å². The fourth-order valence-corrected chi connectivity index (χ4v) is 6.26. The smallest absolute Gasteiger partial charge is 0.254 e. The molecule has 3 heterocycles. The molecule has 2 aliphatic heterocycles. The van der Waals surface area contributed by atoms with Crippen molar-refractivity contribution in [1.29, 1.82) is 0 Å². The minimum Gasteiger partial charge on any atom is -0.356 e. The predicted octanol–water partition coefficient (Wildman–Crippen LogP) is 3.27. The van der Waals surface area contributed by atoms with Gasteiger partial charge in [-0.15, -0.1) is 0 Å². The summed E-state index contributed by atoms with van der Waals surface area (Å²) in [6.07, 6.45) is 6.73. The Morgan fingerprint density at radius 3 is 2.50 bits per heavy atom. The van der Waals surface area contributed by atoms with Crippen molar-refractivity contribution in [1.82, 2.24) is 20.1 Å². The maximum atomic E-state index is 13.8. The number of piperazine rings is 1. The molecule has 8 nitrogen and oxygen atoms in total. The summed E-state index contributed by atoms with van der Waals surface area (Å²) in [5.74, 6) is 0.366. The first-order valence-corrected chi connectivity index (χ1v) is 14.1. The first kappa shape index (κ1) is 26.2. The van der Waals surface area contributed by atoms with E-state index < -0.39 is 0 Å². The van der Waals surface area contributed by atoms with Gasteiger partial charge < -0.3 is 20.0 Å². The molecule has 0 radical (unpaired) electrons. The average Bonchev–Trinajstić information content (AvgIpc) is 3.38. The van der Waals surface area contributed by atoms with Gasteiger partial charge in [-0.05, 0) is 56.9 Å². The molecule has 3 aliphatic rings. The van der Waals surface area contributed by atoms with E-state index in [1.54, 1.807) is 6.20 Å². The predicted molar refractivity (Wildman–Crippen MR) is 147 cm³/mol.